The van der Waals surface area contributed by atoms with Crippen LogP contribution in [0.2, 0.25) is 0 Å². The van der Waals surface area contributed by atoms with Crippen molar-refractivity contribution in [1.82, 2.24) is 4.90 Å². The zero-order valence-corrected chi connectivity index (χ0v) is 15.4. The largest absolute Gasteiger partial charge is 0.455 e. The molecule has 3 aliphatic rings. The van der Waals surface area contributed by atoms with Crippen LogP contribution < -0.4 is 4.90 Å². The van der Waals surface area contributed by atoms with E-state index in [-0.39, 0.29) is 12.5 Å². The summed E-state index contributed by atoms with van der Waals surface area (Å²) in [5.74, 6) is -0.589. The molecule has 2 amide bonds. The van der Waals surface area contributed by atoms with Crippen LogP contribution in [0.3, 0.4) is 0 Å². The molecule has 0 aliphatic carbocycles. The van der Waals surface area contributed by atoms with Gasteiger partial charge in [-0.2, -0.15) is 0 Å². The minimum absolute atomic E-state index is 0.106. The zero-order valence-electron chi connectivity index (χ0n) is 13.3. The SMILES string of the molecule is O=C1c2c(cccc2N2CCC(I)CC2)CN1C1CC[N+](=O)C1=O. The number of anilines is 1. The molecule has 24 heavy (non-hydrogen) atoms. The summed E-state index contributed by atoms with van der Waals surface area (Å²) in [4.78, 5) is 40.4. The van der Waals surface area contributed by atoms with Gasteiger partial charge >= 0.3 is 5.91 Å². The Labute approximate surface area is 153 Å². The van der Waals surface area contributed by atoms with E-state index in [0.29, 0.717) is 21.7 Å². The van der Waals surface area contributed by atoms with Crippen LogP contribution in [0, 0.1) is 4.91 Å². The monoisotopic (exact) mass is 440 g/mol. The average molecular weight is 440 g/mol. The molecule has 1 unspecified atom stereocenters. The Kier molecular flexibility index (Phi) is 4.06. The lowest BCUT2D eigenvalue weighted by molar-refractivity contribution is -0.454. The second kappa shape index (κ2) is 6.09. The molecule has 1 aromatic carbocycles. The molecule has 126 valence electrons. The van der Waals surface area contributed by atoms with Gasteiger partial charge in [-0.1, -0.05) is 34.7 Å². The van der Waals surface area contributed by atoms with Crippen LogP contribution >= 0.6 is 22.6 Å². The Morgan fingerprint density at radius 3 is 2.54 bits per heavy atom. The first kappa shape index (κ1) is 16.0. The summed E-state index contributed by atoms with van der Waals surface area (Å²) < 4.78 is 1.18. The minimum Gasteiger partial charge on any atom is -0.371 e. The number of nitrogens with zero attached hydrogens (tertiary/aromatic N) is 3. The highest BCUT2D eigenvalue weighted by atomic mass is 127. The van der Waals surface area contributed by atoms with Crippen LogP contribution in [0.15, 0.2) is 18.2 Å². The predicted molar refractivity (Wildman–Crippen MR) is 97.5 cm³/mol. The fourth-order valence-electron chi connectivity index (χ4n) is 3.90. The van der Waals surface area contributed by atoms with Crippen molar-refractivity contribution in [2.75, 3.05) is 24.5 Å². The average Bonchev–Trinajstić information content (AvgIpc) is 3.09. The number of hydrogen-bond donors (Lipinski definition) is 0. The van der Waals surface area contributed by atoms with Gasteiger partial charge in [-0.25, -0.2) is 4.79 Å². The van der Waals surface area contributed by atoms with Crippen molar-refractivity contribution in [3.05, 3.63) is 34.2 Å². The van der Waals surface area contributed by atoms with Crippen LogP contribution in [0.5, 0.6) is 0 Å². The molecule has 3 heterocycles. The summed E-state index contributed by atoms with van der Waals surface area (Å²) in [5.41, 5.74) is 2.67. The van der Waals surface area contributed by atoms with Gasteiger partial charge in [-0.15, -0.1) is 0 Å². The maximum absolute atomic E-state index is 13.0. The summed E-state index contributed by atoms with van der Waals surface area (Å²) in [5, 5.41) is 0. The van der Waals surface area contributed by atoms with Crippen molar-refractivity contribution in [3.63, 3.8) is 0 Å². The number of piperidine rings is 1. The zero-order chi connectivity index (χ0) is 16.8. The van der Waals surface area contributed by atoms with Gasteiger partial charge in [-0.3, -0.25) is 4.79 Å². The molecule has 6 nitrogen and oxygen atoms in total. The third kappa shape index (κ3) is 2.53. The molecule has 1 aromatic rings. The highest BCUT2D eigenvalue weighted by Gasteiger charge is 2.49. The van der Waals surface area contributed by atoms with E-state index in [1.807, 2.05) is 18.2 Å². The number of rotatable bonds is 2. The molecule has 4 rings (SSSR count). The molecule has 1 atom stereocenters. The number of carbonyl (C=O) groups is 2. The first-order valence-electron chi connectivity index (χ1n) is 8.36. The molecule has 7 heteroatoms. The van der Waals surface area contributed by atoms with E-state index >= 15 is 0 Å². The minimum atomic E-state index is -0.602. The number of amides is 2. The highest BCUT2D eigenvalue weighted by Crippen LogP contribution is 2.35. The number of carbonyl (C=O) groups excluding carboxylic acids is 2. The first-order chi connectivity index (χ1) is 11.6. The maximum Gasteiger partial charge on any atom is 0.455 e. The Balaban J connectivity index is 1.63. The second-order valence-corrected chi connectivity index (χ2v) is 8.41. The van der Waals surface area contributed by atoms with E-state index in [0.717, 1.165) is 42.7 Å². The number of fused-ring (bicyclic) bond motifs is 1. The summed E-state index contributed by atoms with van der Waals surface area (Å²) >= 11 is 2.49. The quantitative estimate of drug-likeness (QED) is 0.402. The smallest absolute Gasteiger partial charge is 0.371 e. The number of benzene rings is 1. The third-order valence-corrected chi connectivity index (χ3v) is 6.47. The van der Waals surface area contributed by atoms with E-state index in [1.54, 1.807) is 4.90 Å². The molecular weight excluding hydrogens is 421 g/mol. The Hall–Kier alpha value is -1.51. The van der Waals surface area contributed by atoms with Crippen LogP contribution in [-0.2, 0) is 11.3 Å². The topological polar surface area (TPSA) is 60.7 Å². The van der Waals surface area contributed by atoms with Gasteiger partial charge in [0.2, 0.25) is 6.54 Å². The molecule has 2 fully saturated rings. The standard InChI is InChI=1S/C17H19IN3O3/c18-12-4-7-19(8-5-12)13-3-1-2-11-10-20(17(23)15(11)13)14-6-9-21(24)16(14)22/h1-3,12,14H,4-10H2/q+1. The normalized spacial score (nSPS) is 24.9. The fourth-order valence-corrected chi connectivity index (χ4v) is 4.45. The lowest BCUT2D eigenvalue weighted by Gasteiger charge is -2.32. The molecular formula is C17H19IN3O3+. The van der Waals surface area contributed by atoms with Gasteiger partial charge in [0.25, 0.3) is 5.91 Å². The highest BCUT2D eigenvalue weighted by molar-refractivity contribution is 14.1. The van der Waals surface area contributed by atoms with E-state index in [4.69, 9.17) is 0 Å². The van der Waals surface area contributed by atoms with Gasteiger partial charge in [0.1, 0.15) is 0 Å². The van der Waals surface area contributed by atoms with Crippen LogP contribution in [-0.4, -0.2) is 51.1 Å². The van der Waals surface area contributed by atoms with Crippen LogP contribution in [0.1, 0.15) is 35.2 Å². The van der Waals surface area contributed by atoms with E-state index in [2.05, 4.69) is 27.5 Å². The lowest BCUT2D eigenvalue weighted by atomic mass is 10.0. The second-order valence-electron chi connectivity index (χ2n) is 6.65. The maximum atomic E-state index is 13.0. The van der Waals surface area contributed by atoms with Crippen LogP contribution in [0.25, 0.3) is 0 Å². The van der Waals surface area contributed by atoms with Crippen molar-refractivity contribution in [2.45, 2.75) is 35.8 Å². The summed E-state index contributed by atoms with van der Waals surface area (Å²) in [6, 6.07) is 5.34. The van der Waals surface area contributed by atoms with Crippen molar-refractivity contribution in [3.8, 4) is 0 Å². The van der Waals surface area contributed by atoms with Gasteiger partial charge in [0, 0.05) is 40.6 Å². The molecule has 0 bridgehead atoms. The summed E-state index contributed by atoms with van der Waals surface area (Å²) in [6.45, 7) is 2.51. The molecule has 3 aliphatic heterocycles. The Morgan fingerprint density at radius 1 is 1.12 bits per heavy atom. The van der Waals surface area contributed by atoms with Gasteiger partial charge in [0.05, 0.1) is 10.3 Å². The third-order valence-electron chi connectivity index (χ3n) is 5.22. The number of alkyl halides is 1. The molecule has 0 saturated carbocycles. The lowest BCUT2D eigenvalue weighted by Crippen LogP contribution is -2.40. The van der Waals surface area contributed by atoms with E-state index < -0.39 is 11.9 Å². The van der Waals surface area contributed by atoms with Crippen molar-refractivity contribution in [2.24, 2.45) is 0 Å². The number of nitroso groups, excluding NO2 is 1. The van der Waals surface area contributed by atoms with Gasteiger partial charge < -0.3 is 9.80 Å². The number of halogens is 1. The first-order valence-corrected chi connectivity index (χ1v) is 9.61. The molecule has 0 aromatic heterocycles. The van der Waals surface area contributed by atoms with Gasteiger partial charge in [-0.05, 0) is 24.5 Å². The molecule has 2 saturated heterocycles. The van der Waals surface area contributed by atoms with Crippen molar-refractivity contribution >= 4 is 40.1 Å². The number of hydrogen-bond acceptors (Lipinski definition) is 4. The Morgan fingerprint density at radius 2 is 1.88 bits per heavy atom. The molecule has 0 spiro atoms. The van der Waals surface area contributed by atoms with Gasteiger partial charge in [0.15, 0.2) is 6.04 Å². The Bertz CT molecular complexity index is 728. The predicted octanol–water partition coefficient (Wildman–Crippen LogP) is 2.12. The van der Waals surface area contributed by atoms with E-state index in [9.17, 15) is 14.5 Å². The van der Waals surface area contributed by atoms with E-state index in [1.165, 1.54) is 0 Å². The fraction of sp³-hybridized carbons (Fsp3) is 0.529. The van der Waals surface area contributed by atoms with Crippen molar-refractivity contribution in [1.29, 1.82) is 0 Å². The van der Waals surface area contributed by atoms with Crippen molar-refractivity contribution < 1.29 is 14.3 Å². The van der Waals surface area contributed by atoms with Crippen LogP contribution in [0.4, 0.5) is 5.69 Å². The molecule has 0 N–H and O–H groups in total. The molecule has 0 radical (unpaired) electrons. The summed E-state index contributed by atoms with van der Waals surface area (Å²) in [6.07, 6.45) is 2.67. The summed E-state index contributed by atoms with van der Waals surface area (Å²) in [7, 11) is 0.